The summed E-state index contributed by atoms with van der Waals surface area (Å²) in [6.07, 6.45) is 3.17. The van der Waals surface area contributed by atoms with Crippen LogP contribution in [0.4, 0.5) is 0 Å². The van der Waals surface area contributed by atoms with Crippen molar-refractivity contribution in [3.63, 3.8) is 0 Å². The van der Waals surface area contributed by atoms with Crippen molar-refractivity contribution in [1.29, 1.82) is 0 Å². The summed E-state index contributed by atoms with van der Waals surface area (Å²) in [6, 6.07) is 13.4. The predicted molar refractivity (Wildman–Crippen MR) is 83.6 cm³/mol. The van der Waals surface area contributed by atoms with Crippen LogP contribution < -0.4 is 11.1 Å². The molecule has 4 nitrogen and oxygen atoms in total. The van der Waals surface area contributed by atoms with E-state index in [4.69, 9.17) is 5.73 Å². The fourth-order valence-corrected chi connectivity index (χ4v) is 2.10. The summed E-state index contributed by atoms with van der Waals surface area (Å²) in [6.45, 7) is 2.40. The number of hydrogen-bond acceptors (Lipinski definition) is 3. The molecule has 1 heterocycles. The van der Waals surface area contributed by atoms with Gasteiger partial charge < -0.3 is 11.1 Å². The van der Waals surface area contributed by atoms with Crippen LogP contribution in [0.3, 0.4) is 0 Å². The highest BCUT2D eigenvalue weighted by molar-refractivity contribution is 5.81. The Morgan fingerprint density at radius 1 is 1.24 bits per heavy atom. The minimum Gasteiger partial charge on any atom is -0.349 e. The molecule has 2 aromatic rings. The van der Waals surface area contributed by atoms with E-state index >= 15 is 0 Å². The zero-order valence-electron chi connectivity index (χ0n) is 12.3. The molecule has 0 saturated heterocycles. The number of nitrogens with one attached hydrogen (secondary N) is 1. The average molecular weight is 283 g/mol. The number of nitrogens with two attached hydrogens (primary N) is 1. The van der Waals surface area contributed by atoms with Gasteiger partial charge >= 0.3 is 0 Å². The Hall–Kier alpha value is -2.20. The Morgan fingerprint density at radius 3 is 2.71 bits per heavy atom. The molecule has 0 bridgehead atoms. The first-order chi connectivity index (χ1) is 10.2. The predicted octanol–water partition coefficient (Wildman–Crippen LogP) is 1.97. The highest BCUT2D eigenvalue weighted by Gasteiger charge is 2.13. The molecular weight excluding hydrogens is 262 g/mol. The smallest absolute Gasteiger partial charge is 0.237 e. The summed E-state index contributed by atoms with van der Waals surface area (Å²) in [5.41, 5.74) is 9.07. The number of amides is 1. The van der Waals surface area contributed by atoms with Crippen LogP contribution in [0.1, 0.15) is 23.2 Å². The summed E-state index contributed by atoms with van der Waals surface area (Å²) in [7, 11) is 0. The number of carbonyl (C=O) groups excluding carboxylic acids is 1. The molecule has 1 atom stereocenters. The van der Waals surface area contributed by atoms with Crippen LogP contribution >= 0.6 is 0 Å². The summed E-state index contributed by atoms with van der Waals surface area (Å²) < 4.78 is 0. The average Bonchev–Trinajstić information content (AvgIpc) is 2.52. The summed E-state index contributed by atoms with van der Waals surface area (Å²) in [5.74, 6) is -0.129. The Kier molecular flexibility index (Phi) is 5.46. The van der Waals surface area contributed by atoms with Gasteiger partial charge in [0.15, 0.2) is 0 Å². The van der Waals surface area contributed by atoms with Crippen molar-refractivity contribution in [3.8, 4) is 0 Å². The zero-order chi connectivity index (χ0) is 15.1. The third-order valence-corrected chi connectivity index (χ3v) is 3.47. The van der Waals surface area contributed by atoms with Crippen molar-refractivity contribution < 1.29 is 4.79 Å². The molecule has 0 saturated carbocycles. The molecule has 0 aliphatic carbocycles. The number of carbonyl (C=O) groups is 1. The monoisotopic (exact) mass is 283 g/mol. The Morgan fingerprint density at radius 2 is 2.00 bits per heavy atom. The molecule has 0 aliphatic heterocycles. The molecule has 0 spiro atoms. The molecular formula is C17H21N3O. The molecule has 1 aromatic carbocycles. The Bertz CT molecular complexity index is 584. The minimum atomic E-state index is -0.491. The lowest BCUT2D eigenvalue weighted by Crippen LogP contribution is -2.40. The van der Waals surface area contributed by atoms with Crippen molar-refractivity contribution in [2.24, 2.45) is 5.73 Å². The molecule has 1 amide bonds. The molecule has 110 valence electrons. The van der Waals surface area contributed by atoms with Gasteiger partial charge in [-0.15, -0.1) is 0 Å². The van der Waals surface area contributed by atoms with Crippen LogP contribution in [0.5, 0.6) is 0 Å². The first kappa shape index (κ1) is 15.2. The first-order valence-corrected chi connectivity index (χ1v) is 7.14. The van der Waals surface area contributed by atoms with Crippen molar-refractivity contribution in [1.82, 2.24) is 10.3 Å². The number of aryl methyl sites for hydroxylation is 2. The topological polar surface area (TPSA) is 68.0 Å². The second-order valence-corrected chi connectivity index (χ2v) is 5.12. The quantitative estimate of drug-likeness (QED) is 0.851. The van der Waals surface area contributed by atoms with Gasteiger partial charge in [0.1, 0.15) is 0 Å². The van der Waals surface area contributed by atoms with Gasteiger partial charge in [0, 0.05) is 6.20 Å². The maximum atomic E-state index is 12.0. The van der Waals surface area contributed by atoms with E-state index in [1.807, 2.05) is 49.4 Å². The molecule has 0 aliphatic rings. The van der Waals surface area contributed by atoms with Crippen LogP contribution in [0.15, 0.2) is 48.7 Å². The molecule has 4 heteroatoms. The highest BCUT2D eigenvalue weighted by atomic mass is 16.2. The van der Waals surface area contributed by atoms with Crippen molar-refractivity contribution in [2.75, 3.05) is 0 Å². The van der Waals surface area contributed by atoms with E-state index in [1.54, 1.807) is 6.20 Å². The van der Waals surface area contributed by atoms with E-state index in [-0.39, 0.29) is 5.91 Å². The summed E-state index contributed by atoms with van der Waals surface area (Å²) in [4.78, 5) is 16.2. The lowest BCUT2D eigenvalue weighted by atomic mass is 10.1. The largest absolute Gasteiger partial charge is 0.349 e. The number of benzene rings is 1. The maximum absolute atomic E-state index is 12.0. The van der Waals surface area contributed by atoms with Crippen LogP contribution in [0.25, 0.3) is 0 Å². The van der Waals surface area contributed by atoms with E-state index in [1.165, 1.54) is 5.56 Å². The highest BCUT2D eigenvalue weighted by Crippen LogP contribution is 2.05. The van der Waals surface area contributed by atoms with Crippen LogP contribution in [-0.2, 0) is 17.8 Å². The van der Waals surface area contributed by atoms with Gasteiger partial charge in [-0.05, 0) is 37.0 Å². The second-order valence-electron chi connectivity index (χ2n) is 5.12. The van der Waals surface area contributed by atoms with Gasteiger partial charge in [0.25, 0.3) is 0 Å². The minimum absolute atomic E-state index is 0.129. The van der Waals surface area contributed by atoms with E-state index in [0.717, 1.165) is 17.7 Å². The standard InChI is InChI=1S/C17H21N3O/c1-13-6-5-11-19-16(13)12-20-17(21)15(18)10-9-14-7-3-2-4-8-14/h2-8,11,15H,9-10,12,18H2,1H3,(H,20,21). The number of aromatic nitrogens is 1. The number of hydrogen-bond donors (Lipinski definition) is 2. The molecule has 0 fully saturated rings. The Balaban J connectivity index is 1.79. The van der Waals surface area contributed by atoms with Crippen LogP contribution in [0.2, 0.25) is 0 Å². The summed E-state index contributed by atoms with van der Waals surface area (Å²) in [5, 5.41) is 2.85. The summed E-state index contributed by atoms with van der Waals surface area (Å²) >= 11 is 0. The van der Waals surface area contributed by atoms with Gasteiger partial charge in [-0.25, -0.2) is 0 Å². The molecule has 0 radical (unpaired) electrons. The van der Waals surface area contributed by atoms with Gasteiger partial charge in [0.2, 0.25) is 5.91 Å². The second kappa shape index (κ2) is 7.55. The fourth-order valence-electron chi connectivity index (χ4n) is 2.10. The normalized spacial score (nSPS) is 11.9. The maximum Gasteiger partial charge on any atom is 0.237 e. The third-order valence-electron chi connectivity index (χ3n) is 3.47. The molecule has 2 rings (SSSR count). The van der Waals surface area contributed by atoms with E-state index < -0.39 is 6.04 Å². The molecule has 3 N–H and O–H groups in total. The van der Waals surface area contributed by atoms with Gasteiger partial charge in [-0.1, -0.05) is 36.4 Å². The molecule has 1 unspecified atom stereocenters. The van der Waals surface area contributed by atoms with Crippen molar-refractivity contribution in [2.45, 2.75) is 32.4 Å². The van der Waals surface area contributed by atoms with Crippen molar-refractivity contribution in [3.05, 3.63) is 65.5 Å². The molecule has 21 heavy (non-hydrogen) atoms. The Labute approximate surface area is 125 Å². The van der Waals surface area contributed by atoms with Gasteiger partial charge in [0.05, 0.1) is 18.3 Å². The first-order valence-electron chi connectivity index (χ1n) is 7.14. The van der Waals surface area contributed by atoms with E-state index in [0.29, 0.717) is 13.0 Å². The van der Waals surface area contributed by atoms with Gasteiger partial charge in [-0.3, -0.25) is 9.78 Å². The fraction of sp³-hybridized carbons (Fsp3) is 0.294. The van der Waals surface area contributed by atoms with E-state index in [2.05, 4.69) is 10.3 Å². The zero-order valence-corrected chi connectivity index (χ0v) is 12.3. The SMILES string of the molecule is Cc1cccnc1CNC(=O)C(N)CCc1ccccc1. The van der Waals surface area contributed by atoms with Crippen LogP contribution in [0, 0.1) is 6.92 Å². The number of nitrogens with zero attached hydrogens (tertiary/aromatic N) is 1. The van der Waals surface area contributed by atoms with Crippen LogP contribution in [-0.4, -0.2) is 16.9 Å². The lowest BCUT2D eigenvalue weighted by molar-refractivity contribution is -0.122. The lowest BCUT2D eigenvalue weighted by Gasteiger charge is -2.12. The molecule has 1 aromatic heterocycles. The number of pyridine rings is 1. The van der Waals surface area contributed by atoms with Gasteiger partial charge in [-0.2, -0.15) is 0 Å². The third kappa shape index (κ3) is 4.68. The van der Waals surface area contributed by atoms with Crippen molar-refractivity contribution >= 4 is 5.91 Å². The van der Waals surface area contributed by atoms with E-state index in [9.17, 15) is 4.79 Å². The number of rotatable bonds is 6.